The van der Waals surface area contributed by atoms with Crippen molar-refractivity contribution in [3.8, 4) is 0 Å². The molecule has 2 rings (SSSR count). The summed E-state index contributed by atoms with van der Waals surface area (Å²) >= 11 is 9.56. The van der Waals surface area contributed by atoms with Crippen LogP contribution in [0.3, 0.4) is 0 Å². The molecule has 0 aliphatic rings. The molecule has 16 heavy (non-hydrogen) atoms. The van der Waals surface area contributed by atoms with Crippen LogP contribution in [0.25, 0.3) is 0 Å². The van der Waals surface area contributed by atoms with Crippen LogP contribution < -0.4 is 5.32 Å². The van der Waals surface area contributed by atoms with Gasteiger partial charge in [0.2, 0.25) is 0 Å². The minimum atomic E-state index is 0.644. The van der Waals surface area contributed by atoms with Crippen molar-refractivity contribution in [2.75, 3.05) is 5.32 Å². The first kappa shape index (κ1) is 11.6. The highest BCUT2D eigenvalue weighted by Gasteiger charge is 2.04. The molecule has 0 saturated carbocycles. The Hall–Kier alpha value is -0.930. The first-order valence-corrected chi connectivity index (χ1v) is 6.06. The Kier molecular flexibility index (Phi) is 3.56. The molecule has 0 saturated heterocycles. The van der Waals surface area contributed by atoms with E-state index in [9.17, 15) is 0 Å². The van der Waals surface area contributed by atoms with Crippen molar-refractivity contribution in [1.29, 1.82) is 0 Å². The lowest BCUT2D eigenvalue weighted by molar-refractivity contribution is 0.518. The van der Waals surface area contributed by atoms with Crippen LogP contribution in [0.1, 0.15) is 11.3 Å². The lowest BCUT2D eigenvalue weighted by Crippen LogP contribution is -1.99. The number of anilines is 1. The zero-order valence-electron chi connectivity index (χ0n) is 8.76. The van der Waals surface area contributed by atoms with E-state index in [1.165, 1.54) is 0 Å². The van der Waals surface area contributed by atoms with Crippen LogP contribution in [-0.2, 0) is 6.54 Å². The van der Waals surface area contributed by atoms with Crippen LogP contribution in [0.2, 0.25) is 5.02 Å². The van der Waals surface area contributed by atoms with Gasteiger partial charge in [0.05, 0.1) is 18.5 Å². The maximum absolute atomic E-state index is 6.06. The normalized spacial score (nSPS) is 10.4. The van der Waals surface area contributed by atoms with Crippen molar-refractivity contribution in [3.05, 3.63) is 51.3 Å². The zero-order valence-corrected chi connectivity index (χ0v) is 11.1. The number of nitrogens with one attached hydrogen (secondary N) is 1. The van der Waals surface area contributed by atoms with Crippen molar-refractivity contribution in [3.63, 3.8) is 0 Å². The molecule has 0 spiro atoms. The summed E-state index contributed by atoms with van der Waals surface area (Å²) in [5.41, 5.74) is 2.02. The summed E-state index contributed by atoms with van der Waals surface area (Å²) in [4.78, 5) is 0. The van der Waals surface area contributed by atoms with Crippen LogP contribution in [0, 0.1) is 6.92 Å². The van der Waals surface area contributed by atoms with Gasteiger partial charge in [-0.3, -0.25) is 0 Å². The first-order valence-electron chi connectivity index (χ1n) is 4.88. The van der Waals surface area contributed by atoms with Gasteiger partial charge in [0.15, 0.2) is 0 Å². The highest BCUT2D eigenvalue weighted by Crippen LogP contribution is 2.29. The standard InChI is InChI=1S/C12H11BrClNO/c1-8-5-10(13)12(6-11(8)14)15-7-9-3-2-4-16-9/h2-6,15H,7H2,1H3. The molecule has 0 unspecified atom stereocenters. The van der Waals surface area contributed by atoms with Crippen LogP contribution >= 0.6 is 27.5 Å². The van der Waals surface area contributed by atoms with Gasteiger partial charge >= 0.3 is 0 Å². The van der Waals surface area contributed by atoms with Gasteiger partial charge in [-0.25, -0.2) is 0 Å². The number of aryl methyl sites for hydroxylation is 1. The molecule has 84 valence electrons. The van der Waals surface area contributed by atoms with Gasteiger partial charge in [-0.15, -0.1) is 0 Å². The van der Waals surface area contributed by atoms with E-state index >= 15 is 0 Å². The minimum absolute atomic E-state index is 0.644. The van der Waals surface area contributed by atoms with Crippen molar-refractivity contribution in [2.24, 2.45) is 0 Å². The Morgan fingerprint density at radius 2 is 2.25 bits per heavy atom. The fraction of sp³-hybridized carbons (Fsp3) is 0.167. The van der Waals surface area contributed by atoms with Crippen molar-refractivity contribution in [2.45, 2.75) is 13.5 Å². The number of halogens is 2. The molecule has 0 aliphatic heterocycles. The SMILES string of the molecule is Cc1cc(Br)c(NCc2ccco2)cc1Cl. The number of hydrogen-bond acceptors (Lipinski definition) is 2. The fourth-order valence-corrected chi connectivity index (χ4v) is 2.14. The van der Waals surface area contributed by atoms with Crippen LogP contribution in [0.15, 0.2) is 39.4 Å². The second-order valence-electron chi connectivity index (χ2n) is 3.51. The average Bonchev–Trinajstić information content (AvgIpc) is 2.74. The Labute approximate surface area is 108 Å². The van der Waals surface area contributed by atoms with E-state index in [4.69, 9.17) is 16.0 Å². The summed E-state index contributed by atoms with van der Waals surface area (Å²) in [6.07, 6.45) is 1.66. The smallest absolute Gasteiger partial charge is 0.122 e. The summed E-state index contributed by atoms with van der Waals surface area (Å²) < 4.78 is 6.24. The van der Waals surface area contributed by atoms with Gasteiger partial charge in [-0.1, -0.05) is 11.6 Å². The average molecular weight is 301 g/mol. The van der Waals surface area contributed by atoms with Crippen LogP contribution in [0.5, 0.6) is 0 Å². The van der Waals surface area contributed by atoms with E-state index in [-0.39, 0.29) is 0 Å². The Balaban J connectivity index is 2.12. The van der Waals surface area contributed by atoms with Crippen molar-refractivity contribution < 1.29 is 4.42 Å². The predicted molar refractivity (Wildman–Crippen MR) is 69.9 cm³/mol. The molecule has 4 heteroatoms. The van der Waals surface area contributed by atoms with E-state index in [1.54, 1.807) is 6.26 Å². The third-order valence-corrected chi connectivity index (χ3v) is 3.34. The molecule has 0 atom stereocenters. The van der Waals surface area contributed by atoms with Gasteiger partial charge in [0.1, 0.15) is 5.76 Å². The number of hydrogen-bond donors (Lipinski definition) is 1. The maximum atomic E-state index is 6.06. The molecule has 0 amide bonds. The van der Waals surface area contributed by atoms with E-state index in [0.717, 1.165) is 26.5 Å². The molecule has 1 aromatic heterocycles. The second kappa shape index (κ2) is 4.93. The van der Waals surface area contributed by atoms with Crippen molar-refractivity contribution in [1.82, 2.24) is 0 Å². The minimum Gasteiger partial charge on any atom is -0.467 e. The highest BCUT2D eigenvalue weighted by atomic mass is 79.9. The Morgan fingerprint density at radius 1 is 1.44 bits per heavy atom. The number of benzene rings is 1. The predicted octanol–water partition coefficient (Wildman–Crippen LogP) is 4.62. The van der Waals surface area contributed by atoms with E-state index in [1.807, 2.05) is 31.2 Å². The van der Waals surface area contributed by atoms with Gasteiger partial charge in [0, 0.05) is 9.50 Å². The highest BCUT2D eigenvalue weighted by molar-refractivity contribution is 9.10. The molecule has 1 heterocycles. The lowest BCUT2D eigenvalue weighted by Gasteiger charge is -2.09. The summed E-state index contributed by atoms with van der Waals surface area (Å²) in [5.74, 6) is 0.892. The molecular weight excluding hydrogens is 289 g/mol. The zero-order chi connectivity index (χ0) is 11.5. The third-order valence-electron chi connectivity index (χ3n) is 2.28. The van der Waals surface area contributed by atoms with Crippen LogP contribution in [0.4, 0.5) is 5.69 Å². The molecule has 1 N–H and O–H groups in total. The topological polar surface area (TPSA) is 25.2 Å². The van der Waals surface area contributed by atoms with Gasteiger partial charge in [0.25, 0.3) is 0 Å². The fourth-order valence-electron chi connectivity index (χ4n) is 1.38. The molecule has 0 radical (unpaired) electrons. The molecule has 2 aromatic rings. The van der Waals surface area contributed by atoms with E-state index in [0.29, 0.717) is 6.54 Å². The summed E-state index contributed by atoms with van der Waals surface area (Å²) in [6, 6.07) is 7.70. The van der Waals surface area contributed by atoms with Crippen molar-refractivity contribution >= 4 is 33.2 Å². The first-order chi connectivity index (χ1) is 7.66. The summed E-state index contributed by atoms with van der Waals surface area (Å²) in [6.45, 7) is 2.62. The number of furan rings is 1. The summed E-state index contributed by atoms with van der Waals surface area (Å²) in [5, 5.41) is 4.01. The molecular formula is C12H11BrClNO. The Bertz CT molecular complexity index is 482. The number of rotatable bonds is 3. The monoisotopic (exact) mass is 299 g/mol. The lowest BCUT2D eigenvalue weighted by atomic mass is 10.2. The second-order valence-corrected chi connectivity index (χ2v) is 4.78. The summed E-state index contributed by atoms with van der Waals surface area (Å²) in [7, 11) is 0. The maximum Gasteiger partial charge on any atom is 0.122 e. The van der Waals surface area contributed by atoms with Gasteiger partial charge in [-0.05, 0) is 52.7 Å². The Morgan fingerprint density at radius 3 is 2.94 bits per heavy atom. The molecule has 0 fully saturated rings. The van der Waals surface area contributed by atoms with E-state index in [2.05, 4.69) is 21.2 Å². The third kappa shape index (κ3) is 2.60. The van der Waals surface area contributed by atoms with Gasteiger partial charge in [-0.2, -0.15) is 0 Å². The molecule has 0 bridgehead atoms. The van der Waals surface area contributed by atoms with Crippen LogP contribution in [-0.4, -0.2) is 0 Å². The largest absolute Gasteiger partial charge is 0.467 e. The molecule has 2 nitrogen and oxygen atoms in total. The van der Waals surface area contributed by atoms with E-state index < -0.39 is 0 Å². The quantitative estimate of drug-likeness (QED) is 0.895. The molecule has 0 aliphatic carbocycles. The molecule has 1 aromatic carbocycles. The van der Waals surface area contributed by atoms with Gasteiger partial charge < -0.3 is 9.73 Å².